The van der Waals surface area contributed by atoms with Gasteiger partial charge in [0.05, 0.1) is 17.1 Å². The molecular weight excluding hydrogens is 364 g/mol. The standard InChI is InChI=1S/C16H13F2N5O2S/c17-15(18)25-13-9-5-4-8-12(13)19-14(24)10-26-16-20-21-22-23(16)11-6-2-1-3-7-11/h1-9,15H,10H2,(H,19,24). The molecule has 3 aromatic rings. The second-order valence-corrected chi connectivity index (χ2v) is 5.86. The van der Waals surface area contributed by atoms with E-state index in [1.807, 2.05) is 30.3 Å². The highest BCUT2D eigenvalue weighted by Crippen LogP contribution is 2.26. The van der Waals surface area contributed by atoms with E-state index in [0.29, 0.717) is 5.16 Å². The summed E-state index contributed by atoms with van der Waals surface area (Å²) < 4.78 is 30.7. The van der Waals surface area contributed by atoms with Crippen LogP contribution in [-0.4, -0.2) is 38.5 Å². The van der Waals surface area contributed by atoms with E-state index in [-0.39, 0.29) is 17.2 Å². The van der Waals surface area contributed by atoms with Gasteiger partial charge in [-0.15, -0.1) is 5.10 Å². The largest absolute Gasteiger partial charge is 0.433 e. The van der Waals surface area contributed by atoms with Crippen molar-refractivity contribution in [2.75, 3.05) is 11.1 Å². The molecule has 10 heteroatoms. The molecule has 0 aliphatic carbocycles. The molecule has 0 bridgehead atoms. The molecule has 0 aliphatic heterocycles. The number of carbonyl (C=O) groups excluding carboxylic acids is 1. The average molecular weight is 377 g/mol. The lowest BCUT2D eigenvalue weighted by Gasteiger charge is -2.11. The van der Waals surface area contributed by atoms with Crippen LogP contribution in [0.5, 0.6) is 5.75 Å². The van der Waals surface area contributed by atoms with Crippen LogP contribution in [0.1, 0.15) is 0 Å². The molecule has 1 aromatic heterocycles. The molecule has 134 valence electrons. The molecule has 1 heterocycles. The van der Waals surface area contributed by atoms with Crippen LogP contribution in [-0.2, 0) is 4.79 Å². The first-order chi connectivity index (χ1) is 12.6. The molecule has 0 saturated heterocycles. The summed E-state index contributed by atoms with van der Waals surface area (Å²) >= 11 is 1.12. The number of nitrogens with one attached hydrogen (secondary N) is 1. The highest BCUT2D eigenvalue weighted by Gasteiger charge is 2.14. The molecule has 0 atom stereocenters. The monoisotopic (exact) mass is 377 g/mol. The third kappa shape index (κ3) is 4.54. The Hall–Kier alpha value is -3.01. The van der Waals surface area contributed by atoms with E-state index in [9.17, 15) is 13.6 Å². The van der Waals surface area contributed by atoms with Gasteiger partial charge in [-0.2, -0.15) is 13.5 Å². The zero-order chi connectivity index (χ0) is 18.4. The van der Waals surface area contributed by atoms with Gasteiger partial charge in [-0.1, -0.05) is 42.1 Å². The van der Waals surface area contributed by atoms with Gasteiger partial charge in [-0.25, -0.2) is 0 Å². The van der Waals surface area contributed by atoms with E-state index in [4.69, 9.17) is 0 Å². The summed E-state index contributed by atoms with van der Waals surface area (Å²) in [6.07, 6.45) is 0. The van der Waals surface area contributed by atoms with E-state index < -0.39 is 12.5 Å². The minimum atomic E-state index is -2.97. The Labute approximate surface area is 151 Å². The van der Waals surface area contributed by atoms with E-state index >= 15 is 0 Å². The first-order valence-electron chi connectivity index (χ1n) is 7.44. The molecule has 0 saturated carbocycles. The predicted molar refractivity (Wildman–Crippen MR) is 91.6 cm³/mol. The van der Waals surface area contributed by atoms with Crippen molar-refractivity contribution in [1.82, 2.24) is 20.2 Å². The quantitative estimate of drug-likeness (QED) is 0.638. The minimum absolute atomic E-state index is 0.00375. The number of hydrogen-bond donors (Lipinski definition) is 1. The molecule has 0 aliphatic rings. The zero-order valence-electron chi connectivity index (χ0n) is 13.3. The molecule has 0 unspecified atom stereocenters. The fourth-order valence-corrected chi connectivity index (χ4v) is 2.78. The topological polar surface area (TPSA) is 81.9 Å². The van der Waals surface area contributed by atoms with E-state index in [1.54, 1.807) is 6.07 Å². The summed E-state index contributed by atoms with van der Waals surface area (Å²) in [7, 11) is 0. The lowest BCUT2D eigenvalue weighted by Crippen LogP contribution is -2.16. The average Bonchev–Trinajstić information content (AvgIpc) is 3.10. The smallest absolute Gasteiger partial charge is 0.387 e. The molecular formula is C16H13F2N5O2S. The number of rotatable bonds is 7. The van der Waals surface area contributed by atoms with Gasteiger partial charge in [0.1, 0.15) is 5.75 Å². The minimum Gasteiger partial charge on any atom is -0.433 e. The molecule has 0 fully saturated rings. The van der Waals surface area contributed by atoms with Crippen LogP contribution < -0.4 is 10.1 Å². The van der Waals surface area contributed by atoms with Gasteiger partial charge in [-0.3, -0.25) is 4.79 Å². The van der Waals surface area contributed by atoms with Gasteiger partial charge in [0.25, 0.3) is 0 Å². The summed E-state index contributed by atoms with van der Waals surface area (Å²) in [5, 5.41) is 14.4. The number of amides is 1. The number of ether oxygens (including phenoxy) is 1. The van der Waals surface area contributed by atoms with E-state index in [2.05, 4.69) is 25.6 Å². The van der Waals surface area contributed by atoms with Crippen LogP contribution in [0.3, 0.4) is 0 Å². The molecule has 2 aromatic carbocycles. The lowest BCUT2D eigenvalue weighted by molar-refractivity contribution is -0.113. The van der Waals surface area contributed by atoms with Crippen molar-refractivity contribution in [3.05, 3.63) is 54.6 Å². The number of anilines is 1. The first kappa shape index (κ1) is 17.8. The molecule has 0 spiro atoms. The highest BCUT2D eigenvalue weighted by molar-refractivity contribution is 7.99. The second kappa shape index (κ2) is 8.39. The van der Waals surface area contributed by atoms with Crippen LogP contribution in [0.25, 0.3) is 5.69 Å². The number of aromatic nitrogens is 4. The Bertz CT molecular complexity index is 876. The lowest BCUT2D eigenvalue weighted by atomic mass is 10.3. The zero-order valence-corrected chi connectivity index (χ0v) is 14.1. The number of halogens is 2. The number of tetrazole rings is 1. The van der Waals surface area contributed by atoms with Crippen molar-refractivity contribution < 1.29 is 18.3 Å². The molecule has 26 heavy (non-hydrogen) atoms. The summed E-state index contributed by atoms with van der Waals surface area (Å²) in [5.41, 5.74) is 0.928. The van der Waals surface area contributed by atoms with Crippen molar-refractivity contribution in [1.29, 1.82) is 0 Å². The van der Waals surface area contributed by atoms with Crippen molar-refractivity contribution in [2.24, 2.45) is 0 Å². The number of carbonyl (C=O) groups is 1. The number of benzene rings is 2. The van der Waals surface area contributed by atoms with Crippen molar-refractivity contribution in [3.8, 4) is 11.4 Å². The van der Waals surface area contributed by atoms with Gasteiger partial charge in [0, 0.05) is 0 Å². The van der Waals surface area contributed by atoms with Gasteiger partial charge in [0.15, 0.2) is 0 Å². The Morgan fingerprint density at radius 2 is 1.88 bits per heavy atom. The van der Waals surface area contributed by atoms with Crippen LogP contribution in [0.2, 0.25) is 0 Å². The van der Waals surface area contributed by atoms with E-state index in [0.717, 1.165) is 17.4 Å². The summed E-state index contributed by atoms with van der Waals surface area (Å²) in [6.45, 7) is -2.97. The molecule has 0 radical (unpaired) electrons. The number of para-hydroxylation sites is 3. The first-order valence-corrected chi connectivity index (χ1v) is 8.42. The third-order valence-corrected chi connectivity index (χ3v) is 4.07. The summed E-state index contributed by atoms with van der Waals surface area (Å²) in [6, 6.07) is 15.2. The fraction of sp³-hybridized carbons (Fsp3) is 0.125. The molecule has 7 nitrogen and oxygen atoms in total. The maximum Gasteiger partial charge on any atom is 0.387 e. The van der Waals surface area contributed by atoms with Gasteiger partial charge < -0.3 is 10.1 Å². The van der Waals surface area contributed by atoms with Crippen LogP contribution >= 0.6 is 11.8 Å². The normalized spacial score (nSPS) is 10.7. The van der Waals surface area contributed by atoms with Gasteiger partial charge in [-0.05, 0) is 34.7 Å². The van der Waals surface area contributed by atoms with Crippen molar-refractivity contribution in [3.63, 3.8) is 0 Å². The van der Waals surface area contributed by atoms with Crippen LogP contribution in [0.4, 0.5) is 14.5 Å². The molecule has 3 rings (SSSR count). The maximum atomic E-state index is 12.4. The van der Waals surface area contributed by atoms with Crippen LogP contribution in [0.15, 0.2) is 59.8 Å². The number of hydrogen-bond acceptors (Lipinski definition) is 6. The predicted octanol–water partition coefficient (Wildman–Crippen LogP) is 2.99. The molecule has 1 N–H and O–H groups in total. The number of thioether (sulfide) groups is 1. The number of alkyl halides is 2. The van der Waals surface area contributed by atoms with Gasteiger partial charge in [0.2, 0.25) is 11.1 Å². The van der Waals surface area contributed by atoms with Crippen molar-refractivity contribution >= 4 is 23.4 Å². The highest BCUT2D eigenvalue weighted by atomic mass is 32.2. The van der Waals surface area contributed by atoms with E-state index in [1.165, 1.54) is 22.9 Å². The summed E-state index contributed by atoms with van der Waals surface area (Å²) in [5.74, 6) is -0.506. The molecule has 1 amide bonds. The maximum absolute atomic E-state index is 12.4. The van der Waals surface area contributed by atoms with Crippen molar-refractivity contribution in [2.45, 2.75) is 11.8 Å². The Morgan fingerprint density at radius 3 is 2.65 bits per heavy atom. The Balaban J connectivity index is 1.64. The SMILES string of the molecule is O=C(CSc1nnnn1-c1ccccc1)Nc1ccccc1OC(F)F. The Morgan fingerprint density at radius 1 is 1.15 bits per heavy atom. The fourth-order valence-electron chi connectivity index (χ4n) is 2.09. The van der Waals surface area contributed by atoms with Crippen LogP contribution in [0, 0.1) is 0 Å². The third-order valence-electron chi connectivity index (χ3n) is 3.15. The number of nitrogens with zero attached hydrogens (tertiary/aromatic N) is 4. The van der Waals surface area contributed by atoms with Gasteiger partial charge >= 0.3 is 6.61 Å². The second-order valence-electron chi connectivity index (χ2n) is 4.92. The Kier molecular flexibility index (Phi) is 5.74. The summed E-state index contributed by atoms with van der Waals surface area (Å²) in [4.78, 5) is 12.1.